The summed E-state index contributed by atoms with van der Waals surface area (Å²) < 4.78 is 39.4. The van der Waals surface area contributed by atoms with Crippen LogP contribution in [-0.4, -0.2) is 15.6 Å². The van der Waals surface area contributed by atoms with E-state index in [1.807, 2.05) is 6.92 Å². The zero-order valence-electron chi connectivity index (χ0n) is 10.8. The van der Waals surface area contributed by atoms with Gasteiger partial charge in [-0.2, -0.15) is 18.3 Å². The summed E-state index contributed by atoms with van der Waals surface area (Å²) in [5.41, 5.74) is -0.0639. The fraction of sp³-hybridized carbons (Fsp3) is 0.286. The van der Waals surface area contributed by atoms with Crippen LogP contribution in [0.25, 0.3) is 0 Å². The molecular weight excluding hydrogens is 269 g/mol. The topological polar surface area (TPSA) is 34.9 Å². The van der Waals surface area contributed by atoms with Crippen LogP contribution in [0.1, 0.15) is 28.4 Å². The maximum absolute atomic E-state index is 12.6. The van der Waals surface area contributed by atoms with Crippen molar-refractivity contribution in [2.75, 3.05) is 0 Å². The van der Waals surface area contributed by atoms with Crippen molar-refractivity contribution < 1.29 is 18.0 Å². The van der Waals surface area contributed by atoms with Crippen LogP contribution in [-0.2, 0) is 19.1 Å². The first-order chi connectivity index (χ1) is 9.40. The molecule has 2 aromatic rings. The van der Waals surface area contributed by atoms with Crippen molar-refractivity contribution in [2.24, 2.45) is 0 Å². The first-order valence-corrected chi connectivity index (χ1v) is 6.12. The lowest BCUT2D eigenvalue weighted by atomic mass is 10.0. The SMILES string of the molecule is CCn1cc(CC(=O)c2cccc(C(F)(F)F)c2)cn1. The molecule has 0 N–H and O–H groups in total. The minimum Gasteiger partial charge on any atom is -0.294 e. The lowest BCUT2D eigenvalue weighted by Gasteiger charge is -2.07. The van der Waals surface area contributed by atoms with E-state index in [1.165, 1.54) is 12.1 Å². The van der Waals surface area contributed by atoms with Crippen LogP contribution < -0.4 is 0 Å². The van der Waals surface area contributed by atoms with Gasteiger partial charge >= 0.3 is 6.18 Å². The van der Waals surface area contributed by atoms with Gasteiger partial charge in [-0.05, 0) is 24.6 Å². The van der Waals surface area contributed by atoms with E-state index in [0.717, 1.165) is 12.1 Å². The molecule has 0 aliphatic rings. The molecular formula is C14H13F3N2O. The summed E-state index contributed by atoms with van der Waals surface area (Å²) in [5, 5.41) is 4.02. The Morgan fingerprint density at radius 2 is 2.10 bits per heavy atom. The highest BCUT2D eigenvalue weighted by atomic mass is 19.4. The minimum absolute atomic E-state index is 0.0430. The maximum Gasteiger partial charge on any atom is 0.416 e. The lowest BCUT2D eigenvalue weighted by molar-refractivity contribution is -0.137. The number of aromatic nitrogens is 2. The fourth-order valence-electron chi connectivity index (χ4n) is 1.83. The van der Waals surface area contributed by atoms with Gasteiger partial charge in [0.2, 0.25) is 0 Å². The van der Waals surface area contributed by atoms with Crippen molar-refractivity contribution in [1.29, 1.82) is 0 Å². The monoisotopic (exact) mass is 282 g/mol. The van der Waals surface area contributed by atoms with Crippen molar-refractivity contribution in [3.63, 3.8) is 0 Å². The Bertz CT molecular complexity index is 617. The number of rotatable bonds is 4. The minimum atomic E-state index is -4.44. The molecule has 0 fully saturated rings. The quantitative estimate of drug-likeness (QED) is 0.806. The van der Waals surface area contributed by atoms with Gasteiger partial charge < -0.3 is 0 Å². The molecule has 0 spiro atoms. The van der Waals surface area contributed by atoms with Crippen LogP contribution in [0.3, 0.4) is 0 Å². The molecule has 3 nitrogen and oxygen atoms in total. The van der Waals surface area contributed by atoms with Gasteiger partial charge in [0.05, 0.1) is 11.8 Å². The number of hydrogen-bond donors (Lipinski definition) is 0. The molecule has 0 bridgehead atoms. The highest BCUT2D eigenvalue weighted by molar-refractivity contribution is 5.97. The average molecular weight is 282 g/mol. The van der Waals surface area contributed by atoms with Gasteiger partial charge in [0.25, 0.3) is 0 Å². The molecule has 0 aliphatic heterocycles. The number of hydrogen-bond acceptors (Lipinski definition) is 2. The number of Topliss-reactive ketones (excluding diaryl/α,β-unsaturated/α-hetero) is 1. The van der Waals surface area contributed by atoms with Crippen LogP contribution >= 0.6 is 0 Å². The van der Waals surface area contributed by atoms with Crippen molar-refractivity contribution in [1.82, 2.24) is 9.78 Å². The van der Waals surface area contributed by atoms with Crippen molar-refractivity contribution in [3.8, 4) is 0 Å². The molecule has 0 amide bonds. The van der Waals surface area contributed by atoms with E-state index < -0.39 is 11.7 Å². The first kappa shape index (κ1) is 14.3. The van der Waals surface area contributed by atoms with Crippen LogP contribution in [0.4, 0.5) is 13.2 Å². The number of benzene rings is 1. The number of alkyl halides is 3. The number of carbonyl (C=O) groups is 1. The molecule has 0 saturated carbocycles. The molecule has 0 atom stereocenters. The van der Waals surface area contributed by atoms with Gasteiger partial charge in [-0.25, -0.2) is 0 Å². The van der Waals surface area contributed by atoms with Crippen molar-refractivity contribution >= 4 is 5.78 Å². The zero-order valence-corrected chi connectivity index (χ0v) is 10.8. The summed E-state index contributed by atoms with van der Waals surface area (Å²) in [7, 11) is 0. The molecule has 1 aromatic carbocycles. The first-order valence-electron chi connectivity index (χ1n) is 6.12. The van der Waals surface area contributed by atoms with E-state index >= 15 is 0 Å². The van der Waals surface area contributed by atoms with Gasteiger partial charge in [0.15, 0.2) is 5.78 Å². The Kier molecular flexibility index (Phi) is 3.92. The Labute approximate surface area is 114 Å². The number of carbonyl (C=O) groups excluding carboxylic acids is 1. The smallest absolute Gasteiger partial charge is 0.294 e. The molecule has 6 heteroatoms. The fourth-order valence-corrected chi connectivity index (χ4v) is 1.83. The van der Waals surface area contributed by atoms with Crippen molar-refractivity contribution in [3.05, 3.63) is 53.3 Å². The number of nitrogens with zero attached hydrogens (tertiary/aromatic N) is 2. The van der Waals surface area contributed by atoms with E-state index in [2.05, 4.69) is 5.10 Å². The molecule has 0 radical (unpaired) electrons. The third-order valence-electron chi connectivity index (χ3n) is 2.89. The van der Waals surface area contributed by atoms with Crippen molar-refractivity contribution in [2.45, 2.75) is 26.1 Å². The molecule has 1 aromatic heterocycles. The van der Waals surface area contributed by atoms with Crippen LogP contribution in [0.15, 0.2) is 36.7 Å². The van der Waals surface area contributed by atoms with Gasteiger partial charge in [-0.3, -0.25) is 9.48 Å². The summed E-state index contributed by atoms with van der Waals surface area (Å²) in [5.74, 6) is -0.355. The van der Waals surface area contributed by atoms with E-state index in [9.17, 15) is 18.0 Å². The van der Waals surface area contributed by atoms with E-state index in [0.29, 0.717) is 12.1 Å². The average Bonchev–Trinajstić information content (AvgIpc) is 2.85. The van der Waals surface area contributed by atoms with Crippen LogP contribution in [0.5, 0.6) is 0 Å². The standard InChI is InChI=1S/C14H13F3N2O/c1-2-19-9-10(8-18-19)6-13(20)11-4-3-5-12(7-11)14(15,16)17/h3-5,7-9H,2,6H2,1H3. The van der Waals surface area contributed by atoms with E-state index in [4.69, 9.17) is 0 Å². The molecule has 20 heavy (non-hydrogen) atoms. The number of ketones is 1. The lowest BCUT2D eigenvalue weighted by Crippen LogP contribution is -2.08. The second-order valence-corrected chi connectivity index (χ2v) is 4.38. The Balaban J connectivity index is 2.17. The zero-order chi connectivity index (χ0) is 14.8. The van der Waals surface area contributed by atoms with Gasteiger partial charge in [-0.1, -0.05) is 12.1 Å². The highest BCUT2D eigenvalue weighted by Gasteiger charge is 2.30. The summed E-state index contributed by atoms with van der Waals surface area (Å²) in [4.78, 5) is 12.0. The maximum atomic E-state index is 12.6. The molecule has 1 heterocycles. The van der Waals surface area contributed by atoms with E-state index in [-0.39, 0.29) is 17.8 Å². The predicted octanol–water partition coefficient (Wildman–Crippen LogP) is 3.35. The molecule has 106 valence electrons. The van der Waals surface area contributed by atoms with Gasteiger partial charge in [0.1, 0.15) is 0 Å². The molecule has 0 unspecified atom stereocenters. The third-order valence-corrected chi connectivity index (χ3v) is 2.89. The Morgan fingerprint density at radius 1 is 1.35 bits per heavy atom. The third kappa shape index (κ3) is 3.26. The normalized spacial score (nSPS) is 11.6. The summed E-state index contributed by atoms with van der Waals surface area (Å²) in [6.45, 7) is 2.59. The van der Waals surface area contributed by atoms with Crippen LogP contribution in [0.2, 0.25) is 0 Å². The summed E-state index contributed by atoms with van der Waals surface area (Å²) >= 11 is 0. The second kappa shape index (κ2) is 5.48. The Hall–Kier alpha value is -2.11. The highest BCUT2D eigenvalue weighted by Crippen LogP contribution is 2.29. The van der Waals surface area contributed by atoms with Gasteiger partial charge in [0, 0.05) is 24.7 Å². The number of halogens is 3. The predicted molar refractivity (Wildman–Crippen MR) is 67.4 cm³/mol. The molecule has 2 rings (SSSR count). The summed E-state index contributed by atoms with van der Waals surface area (Å²) in [6, 6.07) is 4.46. The Morgan fingerprint density at radius 3 is 2.70 bits per heavy atom. The molecule has 0 saturated heterocycles. The van der Waals surface area contributed by atoms with E-state index in [1.54, 1.807) is 17.1 Å². The summed E-state index contributed by atoms with van der Waals surface area (Å²) in [6.07, 6.45) is -1.13. The largest absolute Gasteiger partial charge is 0.416 e. The molecule has 0 aliphatic carbocycles. The second-order valence-electron chi connectivity index (χ2n) is 4.38. The number of aryl methyl sites for hydroxylation is 1. The van der Waals surface area contributed by atoms with Gasteiger partial charge in [-0.15, -0.1) is 0 Å². The van der Waals surface area contributed by atoms with Crippen LogP contribution in [0, 0.1) is 0 Å².